The summed E-state index contributed by atoms with van der Waals surface area (Å²) in [6.07, 6.45) is 2.48. The van der Waals surface area contributed by atoms with E-state index in [1.165, 1.54) is 6.92 Å². The number of hydrogen-bond acceptors (Lipinski definition) is 3. The first-order valence-electron chi connectivity index (χ1n) is 7.77. The van der Waals surface area contributed by atoms with Gasteiger partial charge in [-0.05, 0) is 25.7 Å². The SMILES string of the molecule is CCc1c(F)c(F)c(C#CC23CC4SC(C2)SC(C3)S4)c(F)c1F. The van der Waals surface area contributed by atoms with Crippen LogP contribution in [0.2, 0.25) is 0 Å². The zero-order chi connectivity index (χ0) is 17.1. The Bertz CT molecular complexity index is 701. The molecule has 0 unspecified atom stereocenters. The van der Waals surface area contributed by atoms with Crippen LogP contribution in [-0.2, 0) is 6.42 Å². The summed E-state index contributed by atoms with van der Waals surface area (Å²) in [6, 6.07) is 0. The zero-order valence-corrected chi connectivity index (χ0v) is 15.2. The van der Waals surface area contributed by atoms with Gasteiger partial charge in [0.1, 0.15) is 5.56 Å². The first-order valence-corrected chi connectivity index (χ1v) is 10.6. The Morgan fingerprint density at radius 2 is 1.33 bits per heavy atom. The molecule has 4 heterocycles. The molecule has 0 spiro atoms. The molecule has 1 aromatic rings. The first-order chi connectivity index (χ1) is 11.4. The van der Waals surface area contributed by atoms with Crippen molar-refractivity contribution >= 4 is 35.3 Å². The summed E-state index contributed by atoms with van der Waals surface area (Å²) in [5.74, 6) is 0.0772. The largest absolute Gasteiger partial charge is 0.203 e. The van der Waals surface area contributed by atoms with Crippen molar-refractivity contribution in [2.45, 2.75) is 46.4 Å². The number of thioether (sulfide) groups is 3. The van der Waals surface area contributed by atoms with Crippen LogP contribution in [-0.4, -0.2) is 13.7 Å². The summed E-state index contributed by atoms with van der Waals surface area (Å²) in [4.78, 5) is 0. The van der Waals surface area contributed by atoms with Crippen LogP contribution >= 0.6 is 35.3 Å². The maximum atomic E-state index is 14.2. The lowest BCUT2D eigenvalue weighted by Crippen LogP contribution is -2.43. The fourth-order valence-electron chi connectivity index (χ4n) is 3.55. The predicted octanol–water partition coefficient (Wildman–Crippen LogP) is 5.53. The second-order valence-electron chi connectivity index (χ2n) is 6.30. The smallest absolute Gasteiger partial charge is 0.177 e. The van der Waals surface area contributed by atoms with Gasteiger partial charge in [-0.3, -0.25) is 0 Å². The van der Waals surface area contributed by atoms with E-state index in [0.717, 1.165) is 19.3 Å². The van der Waals surface area contributed by atoms with Gasteiger partial charge in [-0.1, -0.05) is 18.8 Å². The third-order valence-electron chi connectivity index (χ3n) is 4.74. The molecule has 4 aliphatic heterocycles. The Kier molecular flexibility index (Phi) is 4.29. The molecule has 0 aromatic heterocycles. The molecule has 4 aliphatic rings. The highest BCUT2D eigenvalue weighted by molar-refractivity contribution is 8.33. The van der Waals surface area contributed by atoms with Crippen LogP contribution in [0.15, 0.2) is 0 Å². The van der Waals surface area contributed by atoms with Crippen LogP contribution in [0, 0.1) is 40.5 Å². The van der Waals surface area contributed by atoms with Gasteiger partial charge >= 0.3 is 0 Å². The summed E-state index contributed by atoms with van der Waals surface area (Å²) < 4.78 is 57.5. The summed E-state index contributed by atoms with van der Waals surface area (Å²) in [5.41, 5.74) is -1.61. The fraction of sp³-hybridized carbons (Fsp3) is 0.529. The van der Waals surface area contributed by atoms with E-state index in [-0.39, 0.29) is 11.8 Å². The molecular formula is C17H14F4S3. The quantitative estimate of drug-likeness (QED) is 0.351. The van der Waals surface area contributed by atoms with Gasteiger partial charge in [-0.2, -0.15) is 0 Å². The topological polar surface area (TPSA) is 0 Å². The van der Waals surface area contributed by atoms with E-state index in [0.29, 0.717) is 13.7 Å². The van der Waals surface area contributed by atoms with E-state index in [4.69, 9.17) is 0 Å². The monoisotopic (exact) mass is 390 g/mol. The van der Waals surface area contributed by atoms with Crippen LogP contribution in [0.1, 0.15) is 37.3 Å². The summed E-state index contributed by atoms with van der Waals surface area (Å²) in [6.45, 7) is 1.45. The normalized spacial score (nSPS) is 33.5. The molecular weight excluding hydrogens is 376 g/mol. The minimum Gasteiger partial charge on any atom is -0.203 e. The van der Waals surface area contributed by atoms with Crippen molar-refractivity contribution in [2.24, 2.45) is 5.41 Å². The van der Waals surface area contributed by atoms with E-state index < -0.39 is 34.4 Å². The van der Waals surface area contributed by atoms with Crippen LogP contribution in [0.3, 0.4) is 0 Å². The van der Waals surface area contributed by atoms with Crippen LogP contribution in [0.5, 0.6) is 0 Å². The molecule has 5 rings (SSSR count). The molecule has 0 atom stereocenters. The van der Waals surface area contributed by atoms with E-state index in [9.17, 15) is 17.6 Å². The molecule has 24 heavy (non-hydrogen) atoms. The molecule has 0 radical (unpaired) electrons. The summed E-state index contributed by atoms with van der Waals surface area (Å²) in [5, 5.41) is 0. The van der Waals surface area contributed by atoms with E-state index in [1.807, 2.05) is 35.3 Å². The standard InChI is InChI=1S/C17H14F4S3/c1-2-8-13(18)15(20)9(16(21)14(8)19)3-4-17-5-10-22-11(6-17)24-12(7-17)23-10/h10-12H,2,5-7H2,1H3. The van der Waals surface area contributed by atoms with Gasteiger partial charge in [0, 0.05) is 11.0 Å². The lowest BCUT2D eigenvalue weighted by Gasteiger charge is -2.53. The van der Waals surface area contributed by atoms with Gasteiger partial charge in [0.25, 0.3) is 0 Å². The Balaban J connectivity index is 1.74. The van der Waals surface area contributed by atoms with Crippen LogP contribution in [0.25, 0.3) is 0 Å². The second-order valence-corrected chi connectivity index (χ2v) is 11.4. The Morgan fingerprint density at radius 3 is 1.75 bits per heavy atom. The highest BCUT2D eigenvalue weighted by Crippen LogP contribution is 2.66. The van der Waals surface area contributed by atoms with Crippen molar-refractivity contribution in [3.8, 4) is 11.8 Å². The third kappa shape index (κ3) is 2.65. The van der Waals surface area contributed by atoms with Crippen molar-refractivity contribution in [3.63, 3.8) is 0 Å². The maximum absolute atomic E-state index is 14.2. The van der Waals surface area contributed by atoms with Gasteiger partial charge in [0.05, 0.1) is 13.7 Å². The average Bonchev–Trinajstić information content (AvgIpc) is 2.52. The molecule has 0 N–H and O–H groups in total. The minimum atomic E-state index is -1.37. The molecule has 4 bridgehead atoms. The van der Waals surface area contributed by atoms with E-state index >= 15 is 0 Å². The Labute approximate surface area is 150 Å². The van der Waals surface area contributed by atoms with Crippen molar-refractivity contribution in [1.29, 1.82) is 0 Å². The highest BCUT2D eigenvalue weighted by Gasteiger charge is 2.52. The molecule has 7 heteroatoms. The molecule has 0 nitrogen and oxygen atoms in total. The summed E-state index contributed by atoms with van der Waals surface area (Å²) >= 11 is 5.80. The first kappa shape index (κ1) is 17.0. The lowest BCUT2D eigenvalue weighted by atomic mass is 9.79. The number of hydrogen-bond donors (Lipinski definition) is 0. The van der Waals surface area contributed by atoms with Crippen molar-refractivity contribution in [2.75, 3.05) is 0 Å². The lowest BCUT2D eigenvalue weighted by molar-refractivity contribution is 0.322. The second kappa shape index (κ2) is 6.07. The Hall–Kier alpha value is -0.450. The van der Waals surface area contributed by atoms with Crippen molar-refractivity contribution in [1.82, 2.24) is 0 Å². The Morgan fingerprint density at radius 1 is 0.875 bits per heavy atom. The minimum absolute atomic E-state index is 0.111. The zero-order valence-electron chi connectivity index (χ0n) is 12.8. The molecule has 1 aromatic carbocycles. The van der Waals surface area contributed by atoms with E-state index in [1.54, 1.807) is 0 Å². The van der Waals surface area contributed by atoms with Crippen molar-refractivity contribution < 1.29 is 17.6 Å². The van der Waals surface area contributed by atoms with Gasteiger partial charge in [-0.25, -0.2) is 17.6 Å². The van der Waals surface area contributed by atoms with Crippen LogP contribution in [0.4, 0.5) is 17.6 Å². The van der Waals surface area contributed by atoms with Crippen LogP contribution < -0.4 is 0 Å². The molecule has 128 valence electrons. The molecule has 0 saturated carbocycles. The number of benzene rings is 1. The molecule has 0 amide bonds. The average molecular weight is 390 g/mol. The van der Waals surface area contributed by atoms with Gasteiger partial charge in [0.2, 0.25) is 0 Å². The van der Waals surface area contributed by atoms with E-state index in [2.05, 4.69) is 11.8 Å². The number of halogens is 4. The van der Waals surface area contributed by atoms with Gasteiger partial charge in [0.15, 0.2) is 23.3 Å². The predicted molar refractivity (Wildman–Crippen MR) is 93.0 cm³/mol. The van der Waals surface area contributed by atoms with Crippen molar-refractivity contribution in [3.05, 3.63) is 34.4 Å². The third-order valence-corrected chi connectivity index (χ3v) is 9.56. The molecule has 0 aliphatic carbocycles. The summed E-state index contributed by atoms with van der Waals surface area (Å²) in [7, 11) is 0. The molecule has 4 saturated heterocycles. The number of rotatable bonds is 1. The fourth-order valence-corrected chi connectivity index (χ4v) is 10.9. The maximum Gasteiger partial charge on any atom is 0.177 e. The molecule has 4 fully saturated rings. The van der Waals surface area contributed by atoms with Gasteiger partial charge < -0.3 is 0 Å². The highest BCUT2D eigenvalue weighted by atomic mass is 32.3. The van der Waals surface area contributed by atoms with Gasteiger partial charge in [-0.15, -0.1) is 35.3 Å².